The van der Waals surface area contributed by atoms with E-state index in [0.29, 0.717) is 24.1 Å². The van der Waals surface area contributed by atoms with Crippen LogP contribution in [0.25, 0.3) is 6.08 Å². The second kappa shape index (κ2) is 5.58. The zero-order valence-corrected chi connectivity index (χ0v) is 10.5. The molecule has 0 bridgehead atoms. The van der Waals surface area contributed by atoms with Gasteiger partial charge in [0.25, 0.3) is 0 Å². The van der Waals surface area contributed by atoms with Gasteiger partial charge in [-0.2, -0.15) is 0 Å². The van der Waals surface area contributed by atoms with Crippen LogP contribution in [0, 0.1) is 0 Å². The van der Waals surface area contributed by atoms with Crippen LogP contribution < -0.4 is 15.8 Å². The lowest BCUT2D eigenvalue weighted by Gasteiger charge is -2.06. The number of ether oxygens (including phenoxy) is 1. The van der Waals surface area contributed by atoms with E-state index in [1.807, 2.05) is 19.1 Å². The molecular formula is C14H18N2O2. The lowest BCUT2D eigenvalue weighted by atomic mass is 10.1. The molecule has 4 heteroatoms. The van der Waals surface area contributed by atoms with Gasteiger partial charge in [-0.15, -0.1) is 0 Å². The Morgan fingerprint density at radius 1 is 1.56 bits per heavy atom. The van der Waals surface area contributed by atoms with Crippen LogP contribution in [0.5, 0.6) is 5.75 Å². The number of rotatable bonds is 5. The zero-order chi connectivity index (χ0) is 13.0. The fourth-order valence-electron chi connectivity index (χ4n) is 1.61. The van der Waals surface area contributed by atoms with Gasteiger partial charge in [0.2, 0.25) is 5.91 Å². The third-order valence-corrected chi connectivity index (χ3v) is 2.68. The Balaban J connectivity index is 1.97. The van der Waals surface area contributed by atoms with Gasteiger partial charge >= 0.3 is 0 Å². The van der Waals surface area contributed by atoms with Crippen molar-refractivity contribution in [3.63, 3.8) is 0 Å². The first-order chi connectivity index (χ1) is 8.69. The third-order valence-electron chi connectivity index (χ3n) is 2.68. The van der Waals surface area contributed by atoms with Crippen molar-refractivity contribution in [2.75, 3.05) is 12.3 Å². The van der Waals surface area contributed by atoms with Gasteiger partial charge in [0, 0.05) is 12.1 Å². The molecule has 0 saturated heterocycles. The topological polar surface area (TPSA) is 64.3 Å². The van der Waals surface area contributed by atoms with Gasteiger partial charge in [0.1, 0.15) is 5.75 Å². The monoisotopic (exact) mass is 246 g/mol. The summed E-state index contributed by atoms with van der Waals surface area (Å²) in [6.45, 7) is 2.50. The maximum absolute atomic E-state index is 11.5. The number of nitrogens with two attached hydrogens (primary N) is 1. The first-order valence-corrected chi connectivity index (χ1v) is 6.20. The van der Waals surface area contributed by atoms with Crippen LogP contribution in [-0.4, -0.2) is 18.6 Å². The minimum Gasteiger partial charge on any atom is -0.492 e. The Labute approximate surface area is 107 Å². The number of anilines is 1. The SMILES string of the molecule is CCOc1ccc(/C=C\C(=O)NC2CC2)cc1N. The molecule has 1 amide bonds. The van der Waals surface area contributed by atoms with Crippen LogP contribution in [0.1, 0.15) is 25.3 Å². The molecule has 96 valence electrons. The zero-order valence-electron chi connectivity index (χ0n) is 10.5. The first kappa shape index (κ1) is 12.5. The van der Waals surface area contributed by atoms with Crippen LogP contribution in [0.4, 0.5) is 5.69 Å². The van der Waals surface area contributed by atoms with Gasteiger partial charge in [-0.3, -0.25) is 4.79 Å². The van der Waals surface area contributed by atoms with E-state index >= 15 is 0 Å². The number of hydrogen-bond donors (Lipinski definition) is 2. The van der Waals surface area contributed by atoms with E-state index in [9.17, 15) is 4.79 Å². The molecule has 0 aromatic heterocycles. The third kappa shape index (κ3) is 3.52. The van der Waals surface area contributed by atoms with Crippen molar-refractivity contribution in [3.05, 3.63) is 29.8 Å². The van der Waals surface area contributed by atoms with Gasteiger partial charge in [0.05, 0.1) is 12.3 Å². The highest BCUT2D eigenvalue weighted by atomic mass is 16.5. The van der Waals surface area contributed by atoms with Gasteiger partial charge < -0.3 is 15.8 Å². The van der Waals surface area contributed by atoms with Crippen LogP contribution >= 0.6 is 0 Å². The van der Waals surface area contributed by atoms with Gasteiger partial charge in [0.15, 0.2) is 0 Å². The van der Waals surface area contributed by atoms with Crippen molar-refractivity contribution in [2.24, 2.45) is 0 Å². The molecule has 1 fully saturated rings. The highest BCUT2D eigenvalue weighted by molar-refractivity contribution is 5.92. The number of benzene rings is 1. The molecule has 4 nitrogen and oxygen atoms in total. The van der Waals surface area contributed by atoms with Crippen LogP contribution in [0.3, 0.4) is 0 Å². The molecule has 0 spiro atoms. The summed E-state index contributed by atoms with van der Waals surface area (Å²) >= 11 is 0. The van der Waals surface area contributed by atoms with E-state index in [1.54, 1.807) is 12.1 Å². The molecule has 2 rings (SSSR count). The number of hydrogen-bond acceptors (Lipinski definition) is 3. The summed E-state index contributed by atoms with van der Waals surface area (Å²) in [6, 6.07) is 5.87. The van der Waals surface area contributed by atoms with Crippen molar-refractivity contribution in [1.29, 1.82) is 0 Å². The van der Waals surface area contributed by atoms with E-state index in [4.69, 9.17) is 10.5 Å². The lowest BCUT2D eigenvalue weighted by Crippen LogP contribution is -2.22. The maximum atomic E-state index is 11.5. The average Bonchev–Trinajstić information content (AvgIpc) is 3.14. The van der Waals surface area contributed by atoms with Crippen LogP contribution in [-0.2, 0) is 4.79 Å². The van der Waals surface area contributed by atoms with Crippen LogP contribution in [0.15, 0.2) is 24.3 Å². The summed E-state index contributed by atoms with van der Waals surface area (Å²) in [5.41, 5.74) is 7.32. The summed E-state index contributed by atoms with van der Waals surface area (Å²) < 4.78 is 5.35. The smallest absolute Gasteiger partial charge is 0.244 e. The molecule has 3 N–H and O–H groups in total. The molecule has 0 radical (unpaired) electrons. The summed E-state index contributed by atoms with van der Waals surface area (Å²) in [5.74, 6) is 0.627. The normalized spacial score (nSPS) is 14.7. The lowest BCUT2D eigenvalue weighted by molar-refractivity contribution is -0.116. The molecule has 0 aliphatic heterocycles. The number of carbonyl (C=O) groups is 1. The second-order valence-electron chi connectivity index (χ2n) is 4.35. The Bertz CT molecular complexity index is 465. The fraction of sp³-hybridized carbons (Fsp3) is 0.357. The molecule has 0 unspecified atom stereocenters. The van der Waals surface area contributed by atoms with Crippen molar-refractivity contribution in [3.8, 4) is 5.75 Å². The van der Waals surface area contributed by atoms with Crippen molar-refractivity contribution in [2.45, 2.75) is 25.8 Å². The van der Waals surface area contributed by atoms with Crippen LogP contribution in [0.2, 0.25) is 0 Å². The Morgan fingerprint density at radius 3 is 2.94 bits per heavy atom. The fourth-order valence-corrected chi connectivity index (χ4v) is 1.61. The standard InChI is InChI=1S/C14H18N2O2/c1-2-18-13-7-3-10(9-12(13)15)4-8-14(17)16-11-5-6-11/h3-4,7-9,11H,2,5-6,15H2,1H3,(H,16,17)/b8-4-. The Hall–Kier alpha value is -1.97. The van der Waals surface area contributed by atoms with E-state index in [-0.39, 0.29) is 5.91 Å². The van der Waals surface area contributed by atoms with E-state index in [0.717, 1.165) is 18.4 Å². The Kier molecular flexibility index (Phi) is 3.87. The average molecular weight is 246 g/mol. The Morgan fingerprint density at radius 2 is 2.33 bits per heavy atom. The van der Waals surface area contributed by atoms with Gasteiger partial charge in [-0.25, -0.2) is 0 Å². The second-order valence-corrected chi connectivity index (χ2v) is 4.35. The van der Waals surface area contributed by atoms with E-state index in [1.165, 1.54) is 6.08 Å². The number of amides is 1. The molecule has 1 aliphatic rings. The summed E-state index contributed by atoms with van der Waals surface area (Å²) in [6.07, 6.45) is 5.47. The molecule has 18 heavy (non-hydrogen) atoms. The largest absolute Gasteiger partial charge is 0.492 e. The maximum Gasteiger partial charge on any atom is 0.244 e. The molecular weight excluding hydrogens is 228 g/mol. The number of nitrogen functional groups attached to an aromatic ring is 1. The number of carbonyl (C=O) groups excluding carboxylic acids is 1. The number of nitrogens with one attached hydrogen (secondary N) is 1. The van der Waals surface area contributed by atoms with Gasteiger partial charge in [-0.1, -0.05) is 6.07 Å². The predicted octanol–water partition coefficient (Wildman–Crippen LogP) is 1.96. The highest BCUT2D eigenvalue weighted by Crippen LogP contribution is 2.23. The quantitative estimate of drug-likeness (QED) is 0.616. The van der Waals surface area contributed by atoms with Crippen molar-refractivity contribution < 1.29 is 9.53 Å². The van der Waals surface area contributed by atoms with Crippen molar-refractivity contribution >= 4 is 17.7 Å². The molecule has 1 aromatic carbocycles. The van der Waals surface area contributed by atoms with Crippen molar-refractivity contribution in [1.82, 2.24) is 5.32 Å². The molecule has 1 aliphatic carbocycles. The van der Waals surface area contributed by atoms with E-state index in [2.05, 4.69) is 5.32 Å². The summed E-state index contributed by atoms with van der Waals surface area (Å²) in [4.78, 5) is 11.5. The predicted molar refractivity (Wildman–Crippen MR) is 72.2 cm³/mol. The molecule has 1 aromatic rings. The molecule has 0 heterocycles. The first-order valence-electron chi connectivity index (χ1n) is 6.20. The summed E-state index contributed by atoms with van der Waals surface area (Å²) in [5, 5.41) is 2.89. The molecule has 0 atom stereocenters. The molecule has 1 saturated carbocycles. The van der Waals surface area contributed by atoms with E-state index < -0.39 is 0 Å². The minimum atomic E-state index is -0.0510. The highest BCUT2D eigenvalue weighted by Gasteiger charge is 2.21. The minimum absolute atomic E-state index is 0.0510. The van der Waals surface area contributed by atoms with Gasteiger partial charge in [-0.05, 0) is 43.5 Å². The summed E-state index contributed by atoms with van der Waals surface area (Å²) in [7, 11) is 0.